The fourth-order valence-corrected chi connectivity index (χ4v) is 2.11. The van der Waals surface area contributed by atoms with Crippen molar-refractivity contribution < 1.29 is 14.3 Å². The van der Waals surface area contributed by atoms with Crippen molar-refractivity contribution in [2.75, 3.05) is 0 Å². The molecule has 0 spiro atoms. The molecule has 3 nitrogen and oxygen atoms in total. The van der Waals surface area contributed by atoms with E-state index in [1.165, 1.54) is 6.08 Å². The van der Waals surface area contributed by atoms with E-state index >= 15 is 0 Å². The maximum absolute atomic E-state index is 11.5. The van der Waals surface area contributed by atoms with Gasteiger partial charge in [-0.3, -0.25) is 4.79 Å². The lowest BCUT2D eigenvalue weighted by Gasteiger charge is -2.20. The minimum atomic E-state index is -1.03. The molecule has 2 rings (SSSR count). The number of cyclic esters (lactones) is 1. The zero-order valence-corrected chi connectivity index (χ0v) is 8.36. The van der Waals surface area contributed by atoms with Crippen LogP contribution in [0.5, 0.6) is 0 Å². The summed E-state index contributed by atoms with van der Waals surface area (Å²) in [6, 6.07) is 0. The zero-order chi connectivity index (χ0) is 10.8. The third-order valence-corrected chi connectivity index (χ3v) is 2.95. The first-order valence-electron chi connectivity index (χ1n) is 5.15. The Balaban J connectivity index is 2.19. The molecule has 78 valence electrons. The molecule has 0 aromatic heterocycles. The average molecular weight is 204 g/mol. The molecule has 0 N–H and O–H groups in total. The molecule has 0 aromatic carbocycles. The number of rotatable bonds is 1. The Morgan fingerprint density at radius 2 is 2.00 bits per heavy atom. The Kier molecular flexibility index (Phi) is 2.59. The lowest BCUT2D eigenvalue weighted by Crippen LogP contribution is -2.29. The van der Waals surface area contributed by atoms with E-state index in [-0.39, 0.29) is 11.7 Å². The van der Waals surface area contributed by atoms with E-state index in [2.05, 4.69) is 5.92 Å². The number of carbonyl (C=O) groups excluding carboxylic acids is 2. The monoisotopic (exact) mass is 204 g/mol. The first kappa shape index (κ1) is 9.97. The van der Waals surface area contributed by atoms with Gasteiger partial charge < -0.3 is 4.74 Å². The van der Waals surface area contributed by atoms with Gasteiger partial charge in [-0.2, -0.15) is 0 Å². The van der Waals surface area contributed by atoms with E-state index in [0.29, 0.717) is 5.76 Å². The van der Waals surface area contributed by atoms with Gasteiger partial charge in [0.1, 0.15) is 5.76 Å². The molecule has 1 aliphatic heterocycles. The molecule has 1 aliphatic carbocycles. The number of allylic oxidation sites excluding steroid dienone is 2. The van der Waals surface area contributed by atoms with Crippen molar-refractivity contribution in [3.8, 4) is 12.3 Å². The molecule has 15 heavy (non-hydrogen) atoms. The van der Waals surface area contributed by atoms with Crippen LogP contribution < -0.4 is 0 Å². The van der Waals surface area contributed by atoms with E-state index in [9.17, 15) is 9.59 Å². The van der Waals surface area contributed by atoms with Crippen molar-refractivity contribution in [2.24, 2.45) is 11.8 Å². The summed E-state index contributed by atoms with van der Waals surface area (Å²) >= 11 is 0. The maximum atomic E-state index is 11.5. The SMILES string of the molecule is C#CC1C(=O)C=C(C2CCCC2)OC1=O. The van der Waals surface area contributed by atoms with E-state index in [1.807, 2.05) is 0 Å². The highest BCUT2D eigenvalue weighted by Crippen LogP contribution is 2.33. The largest absolute Gasteiger partial charge is 0.429 e. The predicted octanol–water partition coefficient (Wildman–Crippen LogP) is 1.44. The topological polar surface area (TPSA) is 43.4 Å². The average Bonchev–Trinajstić information content (AvgIpc) is 2.69. The minimum absolute atomic E-state index is 0.233. The second kappa shape index (κ2) is 3.90. The highest BCUT2D eigenvalue weighted by Gasteiger charge is 2.34. The second-order valence-corrected chi connectivity index (χ2v) is 3.95. The number of carbonyl (C=O) groups is 2. The van der Waals surface area contributed by atoms with Gasteiger partial charge in [-0.25, -0.2) is 4.79 Å². The van der Waals surface area contributed by atoms with Gasteiger partial charge in [-0.15, -0.1) is 6.42 Å². The quantitative estimate of drug-likeness (QED) is 0.369. The van der Waals surface area contributed by atoms with Crippen molar-refractivity contribution in [1.82, 2.24) is 0 Å². The van der Waals surface area contributed by atoms with Gasteiger partial charge in [0.25, 0.3) is 0 Å². The van der Waals surface area contributed by atoms with Crippen molar-refractivity contribution >= 4 is 11.8 Å². The summed E-state index contributed by atoms with van der Waals surface area (Å²) in [6.45, 7) is 0. The molecular formula is C12H12O3. The number of hydrogen-bond donors (Lipinski definition) is 0. The van der Waals surface area contributed by atoms with Crippen LogP contribution in [0.2, 0.25) is 0 Å². The summed E-state index contributed by atoms with van der Waals surface area (Å²) in [7, 11) is 0. The van der Waals surface area contributed by atoms with Crippen LogP contribution >= 0.6 is 0 Å². The van der Waals surface area contributed by atoms with Gasteiger partial charge in [-0.1, -0.05) is 18.8 Å². The second-order valence-electron chi connectivity index (χ2n) is 3.95. The zero-order valence-electron chi connectivity index (χ0n) is 8.36. The molecule has 1 fully saturated rings. The lowest BCUT2D eigenvalue weighted by molar-refractivity contribution is -0.147. The molecule has 1 saturated carbocycles. The van der Waals surface area contributed by atoms with Crippen molar-refractivity contribution in [3.63, 3.8) is 0 Å². The minimum Gasteiger partial charge on any atom is -0.429 e. The predicted molar refractivity (Wildman–Crippen MR) is 53.5 cm³/mol. The standard InChI is InChI=1S/C12H12O3/c1-2-9-10(13)7-11(15-12(9)14)8-5-3-4-6-8/h1,7-9H,3-6H2. The van der Waals surface area contributed by atoms with Crippen LogP contribution in [-0.2, 0) is 14.3 Å². The Morgan fingerprint density at radius 3 is 2.53 bits per heavy atom. The fourth-order valence-electron chi connectivity index (χ4n) is 2.11. The number of terminal acetylenes is 1. The number of ether oxygens (including phenoxy) is 1. The molecule has 3 heteroatoms. The Labute approximate surface area is 88.5 Å². The first-order chi connectivity index (χ1) is 7.22. The van der Waals surface area contributed by atoms with Crippen LogP contribution in [0.15, 0.2) is 11.8 Å². The summed E-state index contributed by atoms with van der Waals surface area (Å²) in [6.07, 6.45) is 10.7. The van der Waals surface area contributed by atoms with Gasteiger partial charge in [-0.05, 0) is 12.8 Å². The molecule has 0 saturated heterocycles. The summed E-state index contributed by atoms with van der Waals surface area (Å²) in [5, 5.41) is 0. The summed E-state index contributed by atoms with van der Waals surface area (Å²) in [4.78, 5) is 22.9. The highest BCUT2D eigenvalue weighted by molar-refractivity contribution is 6.09. The molecular weight excluding hydrogens is 192 g/mol. The Bertz CT molecular complexity index is 367. The molecule has 1 unspecified atom stereocenters. The molecule has 1 heterocycles. The Morgan fingerprint density at radius 1 is 1.33 bits per heavy atom. The van der Waals surface area contributed by atoms with E-state index in [4.69, 9.17) is 11.2 Å². The van der Waals surface area contributed by atoms with Crippen molar-refractivity contribution in [3.05, 3.63) is 11.8 Å². The molecule has 0 bridgehead atoms. The third kappa shape index (κ3) is 1.80. The summed E-state index contributed by atoms with van der Waals surface area (Å²) in [5.41, 5.74) is 0. The van der Waals surface area contributed by atoms with Crippen molar-refractivity contribution in [1.29, 1.82) is 0 Å². The Hall–Kier alpha value is -1.56. The smallest absolute Gasteiger partial charge is 0.334 e. The van der Waals surface area contributed by atoms with Crippen LogP contribution in [0.1, 0.15) is 25.7 Å². The third-order valence-electron chi connectivity index (χ3n) is 2.95. The molecule has 2 aliphatic rings. The van der Waals surface area contributed by atoms with Gasteiger partial charge in [0, 0.05) is 12.0 Å². The van der Waals surface area contributed by atoms with Crippen molar-refractivity contribution in [2.45, 2.75) is 25.7 Å². The first-order valence-corrected chi connectivity index (χ1v) is 5.15. The van der Waals surface area contributed by atoms with Crippen LogP contribution in [0.25, 0.3) is 0 Å². The maximum Gasteiger partial charge on any atom is 0.334 e. The summed E-state index contributed by atoms with van der Waals surface area (Å²) < 4.78 is 5.10. The number of hydrogen-bond acceptors (Lipinski definition) is 3. The van der Waals surface area contributed by atoms with Gasteiger partial charge in [0.2, 0.25) is 0 Å². The van der Waals surface area contributed by atoms with Gasteiger partial charge >= 0.3 is 5.97 Å². The number of ketones is 1. The van der Waals surface area contributed by atoms with Gasteiger partial charge in [0.05, 0.1) is 0 Å². The highest BCUT2D eigenvalue weighted by atomic mass is 16.5. The van der Waals surface area contributed by atoms with Gasteiger partial charge in [0.15, 0.2) is 11.7 Å². The van der Waals surface area contributed by atoms with Crippen LogP contribution in [0.4, 0.5) is 0 Å². The molecule has 0 amide bonds. The number of esters is 1. The summed E-state index contributed by atoms with van der Waals surface area (Å²) in [5.74, 6) is 0.968. The van der Waals surface area contributed by atoms with E-state index in [0.717, 1.165) is 25.7 Å². The molecule has 0 radical (unpaired) electrons. The molecule has 0 aromatic rings. The molecule has 1 atom stereocenters. The fraction of sp³-hybridized carbons (Fsp3) is 0.500. The normalized spacial score (nSPS) is 27.1. The lowest BCUT2D eigenvalue weighted by atomic mass is 9.97. The van der Waals surface area contributed by atoms with Crippen LogP contribution in [0.3, 0.4) is 0 Å². The van der Waals surface area contributed by atoms with E-state index in [1.54, 1.807) is 0 Å². The van der Waals surface area contributed by atoms with E-state index < -0.39 is 11.9 Å². The van der Waals surface area contributed by atoms with Crippen LogP contribution in [-0.4, -0.2) is 11.8 Å². The van der Waals surface area contributed by atoms with Crippen LogP contribution in [0, 0.1) is 24.2 Å².